The topological polar surface area (TPSA) is 20.3 Å². The molecule has 1 aliphatic heterocycles. The second kappa shape index (κ2) is 4.72. The van der Waals surface area contributed by atoms with Gasteiger partial charge in [0.15, 0.2) is 0 Å². The minimum atomic E-state index is -0.893. The van der Waals surface area contributed by atoms with E-state index in [0.29, 0.717) is 28.0 Å². The molecule has 2 rings (SSSR count). The van der Waals surface area contributed by atoms with E-state index in [9.17, 15) is 9.18 Å². The zero-order chi connectivity index (χ0) is 11.7. The maximum absolute atomic E-state index is 13.0. The minimum Gasteiger partial charge on any atom is -0.336 e. The number of benzene rings is 1. The van der Waals surface area contributed by atoms with Gasteiger partial charge >= 0.3 is 0 Å². The minimum absolute atomic E-state index is 0.149. The average molecular weight is 307 g/mol. The molecule has 0 bridgehead atoms. The molecule has 1 atom stereocenters. The number of nitrogens with zero attached hydrogens (tertiary/aromatic N) is 1. The Bertz CT molecular complexity index is 426. The first-order chi connectivity index (χ1) is 7.58. The molecule has 1 saturated heterocycles. The van der Waals surface area contributed by atoms with E-state index in [-0.39, 0.29) is 12.5 Å². The zero-order valence-electron chi connectivity index (χ0n) is 8.42. The van der Waals surface area contributed by atoms with Crippen molar-refractivity contribution in [1.82, 2.24) is 4.90 Å². The van der Waals surface area contributed by atoms with Crippen LogP contribution in [0.5, 0.6) is 0 Å². The number of hydrogen-bond donors (Lipinski definition) is 0. The molecule has 86 valence electrons. The van der Waals surface area contributed by atoms with Gasteiger partial charge in [-0.2, -0.15) is 0 Å². The Kier molecular flexibility index (Phi) is 3.50. The van der Waals surface area contributed by atoms with Crippen molar-refractivity contribution in [2.24, 2.45) is 0 Å². The predicted molar refractivity (Wildman–Crippen MR) is 64.6 cm³/mol. The average Bonchev–Trinajstić information content (AvgIpc) is 2.64. The standard InChI is InChI=1S/C11H10BrClFNO/c12-10-5-7(13)1-2-9(10)11(16)15-4-3-8(14)6-15/h1-2,5,8H,3-4,6H2/t8-/m1/s1. The summed E-state index contributed by atoms with van der Waals surface area (Å²) in [4.78, 5) is 13.5. The van der Waals surface area contributed by atoms with Gasteiger partial charge in [-0.3, -0.25) is 4.79 Å². The summed E-state index contributed by atoms with van der Waals surface area (Å²) in [5, 5.41) is 0.563. The zero-order valence-corrected chi connectivity index (χ0v) is 10.8. The van der Waals surface area contributed by atoms with E-state index in [1.165, 1.54) is 4.90 Å². The molecule has 0 aliphatic carbocycles. The van der Waals surface area contributed by atoms with Crippen LogP contribution in [0.4, 0.5) is 4.39 Å². The van der Waals surface area contributed by atoms with Crippen LogP contribution in [0, 0.1) is 0 Å². The molecular formula is C11H10BrClFNO. The van der Waals surface area contributed by atoms with Crippen LogP contribution in [0.15, 0.2) is 22.7 Å². The summed E-state index contributed by atoms with van der Waals surface area (Å²) in [6.07, 6.45) is -0.466. The van der Waals surface area contributed by atoms with Gasteiger partial charge in [0.2, 0.25) is 0 Å². The molecule has 16 heavy (non-hydrogen) atoms. The maximum Gasteiger partial charge on any atom is 0.255 e. The molecule has 0 N–H and O–H groups in total. The molecule has 0 saturated carbocycles. The Hall–Kier alpha value is -0.610. The second-order valence-corrected chi connectivity index (χ2v) is 5.05. The molecule has 1 heterocycles. The Morgan fingerprint density at radius 1 is 1.56 bits per heavy atom. The molecule has 1 amide bonds. The van der Waals surface area contributed by atoms with Gasteiger partial charge in [0.1, 0.15) is 6.17 Å². The molecule has 1 aliphatic rings. The molecule has 5 heteroatoms. The highest BCUT2D eigenvalue weighted by Crippen LogP contribution is 2.24. The van der Waals surface area contributed by atoms with Crippen LogP contribution in [0.3, 0.4) is 0 Å². The third kappa shape index (κ3) is 2.38. The lowest BCUT2D eigenvalue weighted by Crippen LogP contribution is -2.29. The van der Waals surface area contributed by atoms with Gasteiger partial charge in [-0.05, 0) is 40.5 Å². The molecule has 1 fully saturated rings. The summed E-state index contributed by atoms with van der Waals surface area (Å²) in [5.41, 5.74) is 0.526. The van der Waals surface area contributed by atoms with Crippen molar-refractivity contribution in [3.8, 4) is 0 Å². The first kappa shape index (κ1) is 11.9. The largest absolute Gasteiger partial charge is 0.336 e. The van der Waals surface area contributed by atoms with E-state index < -0.39 is 6.17 Å². The number of carbonyl (C=O) groups excluding carboxylic acids is 1. The van der Waals surface area contributed by atoms with Gasteiger partial charge in [-0.25, -0.2) is 4.39 Å². The Balaban J connectivity index is 2.21. The summed E-state index contributed by atoms with van der Waals surface area (Å²) in [7, 11) is 0. The third-order valence-electron chi connectivity index (χ3n) is 2.58. The Morgan fingerprint density at radius 3 is 2.88 bits per heavy atom. The molecule has 0 unspecified atom stereocenters. The van der Waals surface area contributed by atoms with Crippen LogP contribution in [0.25, 0.3) is 0 Å². The summed E-state index contributed by atoms with van der Waals surface area (Å²) in [5.74, 6) is -0.149. The summed E-state index contributed by atoms with van der Waals surface area (Å²) >= 11 is 9.07. The summed E-state index contributed by atoms with van der Waals surface area (Å²) in [6.45, 7) is 0.670. The lowest BCUT2D eigenvalue weighted by molar-refractivity contribution is 0.0782. The van der Waals surface area contributed by atoms with Gasteiger partial charge in [0.25, 0.3) is 5.91 Å². The van der Waals surface area contributed by atoms with Crippen LogP contribution in [0.2, 0.25) is 5.02 Å². The smallest absolute Gasteiger partial charge is 0.255 e. The SMILES string of the molecule is O=C(c1ccc(Cl)cc1Br)N1CC[C@@H](F)C1. The van der Waals surface area contributed by atoms with E-state index in [0.717, 1.165) is 0 Å². The highest BCUT2D eigenvalue weighted by molar-refractivity contribution is 9.10. The fourth-order valence-electron chi connectivity index (χ4n) is 1.74. The van der Waals surface area contributed by atoms with Crippen LogP contribution < -0.4 is 0 Å². The number of likely N-dealkylation sites (tertiary alicyclic amines) is 1. The van der Waals surface area contributed by atoms with Gasteiger partial charge < -0.3 is 4.90 Å². The fraction of sp³-hybridized carbons (Fsp3) is 0.364. The molecule has 0 radical (unpaired) electrons. The number of hydrogen-bond acceptors (Lipinski definition) is 1. The lowest BCUT2D eigenvalue weighted by Gasteiger charge is -2.16. The first-order valence-electron chi connectivity index (χ1n) is 4.96. The van der Waals surface area contributed by atoms with Crippen LogP contribution >= 0.6 is 27.5 Å². The van der Waals surface area contributed by atoms with Crippen molar-refractivity contribution in [3.05, 3.63) is 33.3 Å². The molecule has 0 aromatic heterocycles. The lowest BCUT2D eigenvalue weighted by atomic mass is 10.2. The van der Waals surface area contributed by atoms with Crippen LogP contribution in [-0.2, 0) is 0 Å². The number of rotatable bonds is 1. The van der Waals surface area contributed by atoms with Gasteiger partial charge in [-0.1, -0.05) is 11.6 Å². The number of alkyl halides is 1. The number of amides is 1. The third-order valence-corrected chi connectivity index (χ3v) is 3.47. The van der Waals surface area contributed by atoms with E-state index >= 15 is 0 Å². The summed E-state index contributed by atoms with van der Waals surface area (Å²) in [6, 6.07) is 4.97. The highest BCUT2D eigenvalue weighted by Gasteiger charge is 2.27. The van der Waals surface area contributed by atoms with Crippen molar-refractivity contribution in [2.75, 3.05) is 13.1 Å². The normalized spacial score (nSPS) is 20.2. The van der Waals surface area contributed by atoms with Crippen molar-refractivity contribution in [2.45, 2.75) is 12.6 Å². The van der Waals surface area contributed by atoms with Crippen LogP contribution in [0.1, 0.15) is 16.8 Å². The molecule has 2 nitrogen and oxygen atoms in total. The maximum atomic E-state index is 13.0. The van der Waals surface area contributed by atoms with Crippen LogP contribution in [-0.4, -0.2) is 30.1 Å². The molecule has 1 aromatic rings. The van der Waals surface area contributed by atoms with Crippen molar-refractivity contribution in [3.63, 3.8) is 0 Å². The van der Waals surface area contributed by atoms with Gasteiger partial charge in [0.05, 0.1) is 12.1 Å². The Morgan fingerprint density at radius 2 is 2.31 bits per heavy atom. The van der Waals surface area contributed by atoms with Gasteiger partial charge in [0, 0.05) is 16.0 Å². The van der Waals surface area contributed by atoms with E-state index in [4.69, 9.17) is 11.6 Å². The van der Waals surface area contributed by atoms with Crippen molar-refractivity contribution >= 4 is 33.4 Å². The Labute approximate surface area is 107 Å². The quantitative estimate of drug-likeness (QED) is 0.779. The van der Waals surface area contributed by atoms with E-state index in [2.05, 4.69) is 15.9 Å². The monoisotopic (exact) mass is 305 g/mol. The van der Waals surface area contributed by atoms with Crippen molar-refractivity contribution in [1.29, 1.82) is 0 Å². The van der Waals surface area contributed by atoms with E-state index in [1.54, 1.807) is 18.2 Å². The number of halogens is 3. The number of carbonyl (C=O) groups is 1. The fourth-order valence-corrected chi connectivity index (χ4v) is 2.59. The van der Waals surface area contributed by atoms with E-state index in [1.807, 2.05) is 0 Å². The second-order valence-electron chi connectivity index (χ2n) is 3.76. The molecule has 1 aromatic carbocycles. The highest BCUT2D eigenvalue weighted by atomic mass is 79.9. The predicted octanol–water partition coefficient (Wildman–Crippen LogP) is 3.29. The molecular weight excluding hydrogens is 296 g/mol. The first-order valence-corrected chi connectivity index (χ1v) is 6.13. The molecule has 0 spiro atoms. The van der Waals surface area contributed by atoms with Crippen molar-refractivity contribution < 1.29 is 9.18 Å². The summed E-state index contributed by atoms with van der Waals surface area (Å²) < 4.78 is 13.6. The van der Waals surface area contributed by atoms with Gasteiger partial charge in [-0.15, -0.1) is 0 Å².